The molecule has 3 aliphatic carbocycles. The molecule has 3 saturated carbocycles. The van der Waals surface area contributed by atoms with Gasteiger partial charge in [-0.2, -0.15) is 0 Å². The second kappa shape index (κ2) is 5.47. The van der Waals surface area contributed by atoms with E-state index in [-0.39, 0.29) is 24.8 Å². The summed E-state index contributed by atoms with van der Waals surface area (Å²) in [5.74, 6) is 0.407. The molecule has 4 fully saturated rings. The SMILES string of the molecule is CC1(C)C2(C(=O)N3CCCCCC3)CCC1(C(Br)Br)C2Br. The highest BCUT2D eigenvalue weighted by atomic mass is 79.9. The van der Waals surface area contributed by atoms with E-state index in [0.717, 1.165) is 25.9 Å². The van der Waals surface area contributed by atoms with Crippen molar-refractivity contribution in [3.63, 3.8) is 0 Å². The average Bonchev–Trinajstić information content (AvgIpc) is 2.75. The Morgan fingerprint density at radius 3 is 2.10 bits per heavy atom. The number of alkyl halides is 3. The zero-order valence-electron chi connectivity index (χ0n) is 12.8. The van der Waals surface area contributed by atoms with E-state index in [1.807, 2.05) is 0 Å². The van der Waals surface area contributed by atoms with Crippen LogP contribution in [0.5, 0.6) is 0 Å². The van der Waals surface area contributed by atoms with Gasteiger partial charge in [0.05, 0.1) is 9.15 Å². The number of fused-ring (bicyclic) bond motifs is 1. The van der Waals surface area contributed by atoms with Crippen LogP contribution >= 0.6 is 47.8 Å². The summed E-state index contributed by atoms with van der Waals surface area (Å²) in [6, 6.07) is 0. The summed E-state index contributed by atoms with van der Waals surface area (Å²) < 4.78 is 0.254. The molecule has 3 atom stereocenters. The summed E-state index contributed by atoms with van der Waals surface area (Å²) in [7, 11) is 0. The molecular formula is C16H24Br3NO. The number of hydrogen-bond acceptors (Lipinski definition) is 1. The molecule has 0 radical (unpaired) electrons. The highest BCUT2D eigenvalue weighted by Gasteiger charge is 2.83. The number of nitrogens with zero attached hydrogens (tertiary/aromatic N) is 1. The van der Waals surface area contributed by atoms with E-state index in [1.54, 1.807) is 0 Å². The van der Waals surface area contributed by atoms with Crippen molar-refractivity contribution in [2.45, 2.75) is 60.9 Å². The van der Waals surface area contributed by atoms with Gasteiger partial charge >= 0.3 is 0 Å². The maximum atomic E-state index is 13.4. The topological polar surface area (TPSA) is 20.3 Å². The van der Waals surface area contributed by atoms with Crippen molar-refractivity contribution in [3.05, 3.63) is 0 Å². The largest absolute Gasteiger partial charge is 0.342 e. The first-order valence-corrected chi connectivity index (χ1v) is 10.8. The van der Waals surface area contributed by atoms with Crippen LogP contribution in [0.2, 0.25) is 0 Å². The maximum Gasteiger partial charge on any atom is 0.230 e. The van der Waals surface area contributed by atoms with Crippen molar-refractivity contribution in [1.29, 1.82) is 0 Å². The molecule has 0 aromatic rings. The van der Waals surface area contributed by atoms with E-state index in [2.05, 4.69) is 66.5 Å². The summed E-state index contributed by atoms with van der Waals surface area (Å²) in [5, 5.41) is 0. The number of amides is 1. The van der Waals surface area contributed by atoms with Crippen molar-refractivity contribution in [2.75, 3.05) is 13.1 Å². The Balaban J connectivity index is 1.90. The van der Waals surface area contributed by atoms with Crippen LogP contribution in [0.3, 0.4) is 0 Å². The molecule has 4 rings (SSSR count). The molecule has 0 spiro atoms. The molecule has 120 valence electrons. The van der Waals surface area contributed by atoms with E-state index in [9.17, 15) is 4.79 Å². The van der Waals surface area contributed by atoms with E-state index in [1.165, 1.54) is 25.7 Å². The third kappa shape index (κ3) is 1.89. The molecule has 4 aliphatic rings. The molecule has 1 aliphatic heterocycles. The van der Waals surface area contributed by atoms with Gasteiger partial charge in [0.25, 0.3) is 0 Å². The first-order chi connectivity index (χ1) is 9.82. The maximum absolute atomic E-state index is 13.4. The van der Waals surface area contributed by atoms with Gasteiger partial charge in [0.1, 0.15) is 0 Å². The van der Waals surface area contributed by atoms with Crippen molar-refractivity contribution in [2.24, 2.45) is 16.2 Å². The van der Waals surface area contributed by atoms with Gasteiger partial charge < -0.3 is 4.90 Å². The minimum atomic E-state index is -0.211. The Bertz CT molecular complexity index is 445. The lowest BCUT2D eigenvalue weighted by Gasteiger charge is -2.66. The zero-order valence-corrected chi connectivity index (χ0v) is 17.6. The molecule has 0 aromatic carbocycles. The smallest absolute Gasteiger partial charge is 0.230 e. The van der Waals surface area contributed by atoms with Crippen LogP contribution in [0.15, 0.2) is 0 Å². The minimum absolute atomic E-state index is 0.0230. The van der Waals surface area contributed by atoms with Crippen LogP contribution in [-0.2, 0) is 4.79 Å². The van der Waals surface area contributed by atoms with Crippen LogP contribution in [0.1, 0.15) is 52.4 Å². The Morgan fingerprint density at radius 2 is 1.67 bits per heavy atom. The molecule has 0 N–H and O–H groups in total. The summed E-state index contributed by atoms with van der Waals surface area (Å²) in [6.45, 7) is 6.50. The fourth-order valence-electron chi connectivity index (χ4n) is 5.22. The lowest BCUT2D eigenvalue weighted by molar-refractivity contribution is -0.172. The van der Waals surface area contributed by atoms with Gasteiger partial charge in [-0.1, -0.05) is 74.5 Å². The normalized spacial score (nSPS) is 41.8. The van der Waals surface area contributed by atoms with Crippen molar-refractivity contribution in [1.82, 2.24) is 4.90 Å². The summed E-state index contributed by atoms with van der Waals surface area (Å²) in [4.78, 5) is 15.8. The van der Waals surface area contributed by atoms with E-state index >= 15 is 0 Å². The van der Waals surface area contributed by atoms with Crippen LogP contribution < -0.4 is 0 Å². The molecule has 1 heterocycles. The summed E-state index contributed by atoms with van der Waals surface area (Å²) >= 11 is 11.4. The van der Waals surface area contributed by atoms with E-state index in [0.29, 0.717) is 5.91 Å². The fraction of sp³-hybridized carbons (Fsp3) is 0.938. The van der Waals surface area contributed by atoms with Gasteiger partial charge in [0, 0.05) is 23.3 Å². The zero-order chi connectivity index (χ0) is 15.5. The second-order valence-corrected chi connectivity index (χ2v) is 11.5. The molecule has 2 nitrogen and oxygen atoms in total. The van der Waals surface area contributed by atoms with Crippen molar-refractivity contribution in [3.8, 4) is 0 Å². The number of rotatable bonds is 2. The molecule has 1 saturated heterocycles. The average molecular weight is 486 g/mol. The van der Waals surface area contributed by atoms with Crippen LogP contribution in [0.25, 0.3) is 0 Å². The predicted octanol–water partition coefficient (Wildman–Crippen LogP) is 5.07. The second-order valence-electron chi connectivity index (χ2n) is 7.51. The Morgan fingerprint density at radius 1 is 1.10 bits per heavy atom. The molecule has 1 amide bonds. The first-order valence-electron chi connectivity index (χ1n) is 8.04. The van der Waals surface area contributed by atoms with Crippen LogP contribution in [0, 0.1) is 16.2 Å². The highest BCUT2D eigenvalue weighted by Crippen LogP contribution is 2.82. The fourth-order valence-corrected chi connectivity index (χ4v) is 10.1. The van der Waals surface area contributed by atoms with Gasteiger partial charge in [-0.15, -0.1) is 0 Å². The monoisotopic (exact) mass is 483 g/mol. The number of carbonyl (C=O) groups is 1. The van der Waals surface area contributed by atoms with Crippen LogP contribution in [-0.4, -0.2) is 32.5 Å². The third-order valence-corrected chi connectivity index (χ3v) is 9.99. The number of hydrogen-bond donors (Lipinski definition) is 0. The number of likely N-dealkylation sites (tertiary alicyclic amines) is 1. The number of halogens is 3. The lowest BCUT2D eigenvalue weighted by atomic mass is 9.43. The van der Waals surface area contributed by atoms with Crippen molar-refractivity contribution < 1.29 is 4.79 Å². The Labute approximate surface area is 153 Å². The third-order valence-electron chi connectivity index (χ3n) is 6.76. The van der Waals surface area contributed by atoms with Gasteiger partial charge in [0.15, 0.2) is 0 Å². The standard InChI is InChI=1S/C16H24Br3NO/c1-14(2)15(12(18)19)7-8-16(14,11(15)17)13(21)20-9-5-3-4-6-10-20/h11-12H,3-10H2,1-2H3. The first kappa shape index (κ1) is 16.8. The Kier molecular flexibility index (Phi) is 4.37. The molecule has 2 bridgehead atoms. The van der Waals surface area contributed by atoms with Gasteiger partial charge in [0.2, 0.25) is 5.91 Å². The molecule has 21 heavy (non-hydrogen) atoms. The van der Waals surface area contributed by atoms with Gasteiger partial charge in [-0.05, 0) is 31.1 Å². The number of carbonyl (C=O) groups excluding carboxylic acids is 1. The van der Waals surface area contributed by atoms with Crippen molar-refractivity contribution >= 4 is 53.7 Å². The summed E-state index contributed by atoms with van der Waals surface area (Å²) in [5.41, 5.74) is -0.0547. The molecular weight excluding hydrogens is 462 g/mol. The minimum Gasteiger partial charge on any atom is -0.342 e. The Hall–Kier alpha value is 0.910. The highest BCUT2D eigenvalue weighted by molar-refractivity contribution is 9.24. The van der Waals surface area contributed by atoms with Gasteiger partial charge in [-0.3, -0.25) is 4.79 Å². The van der Waals surface area contributed by atoms with E-state index in [4.69, 9.17) is 0 Å². The summed E-state index contributed by atoms with van der Waals surface area (Å²) in [6.07, 6.45) is 6.99. The molecule has 3 unspecified atom stereocenters. The quantitative estimate of drug-likeness (QED) is 0.500. The lowest BCUT2D eigenvalue weighted by Crippen LogP contribution is -2.72. The van der Waals surface area contributed by atoms with Gasteiger partial charge in [-0.25, -0.2) is 0 Å². The molecule has 5 heteroatoms. The van der Waals surface area contributed by atoms with Crippen LogP contribution in [0.4, 0.5) is 0 Å². The van der Waals surface area contributed by atoms with E-state index < -0.39 is 0 Å². The molecule has 0 aromatic heterocycles. The predicted molar refractivity (Wildman–Crippen MR) is 97.3 cm³/mol.